The summed E-state index contributed by atoms with van der Waals surface area (Å²) in [5.41, 5.74) is 8.37. The normalized spacial score (nSPS) is 33.3. The zero-order chi connectivity index (χ0) is 18.6. The van der Waals surface area contributed by atoms with Gasteiger partial charge in [0.2, 0.25) is 5.95 Å². The Labute approximate surface area is 161 Å². The van der Waals surface area contributed by atoms with Gasteiger partial charge in [0.25, 0.3) is 0 Å². The average molecular weight is 369 g/mol. The predicted molar refractivity (Wildman–Crippen MR) is 107 cm³/mol. The molecule has 3 saturated carbocycles. The van der Waals surface area contributed by atoms with Gasteiger partial charge in [-0.1, -0.05) is 13.8 Å². The first-order valence-corrected chi connectivity index (χ1v) is 10.8. The highest BCUT2D eigenvalue weighted by Gasteiger charge is 2.43. The van der Waals surface area contributed by atoms with Crippen LogP contribution in [-0.4, -0.2) is 21.2 Å². The van der Waals surface area contributed by atoms with E-state index < -0.39 is 0 Å². The number of pyridine rings is 1. The monoisotopic (exact) mass is 368 g/mol. The zero-order valence-corrected chi connectivity index (χ0v) is 16.7. The van der Waals surface area contributed by atoms with Crippen LogP contribution in [0.2, 0.25) is 0 Å². The van der Waals surface area contributed by atoms with Gasteiger partial charge in [0.15, 0.2) is 5.65 Å². The highest BCUT2D eigenvalue weighted by molar-refractivity contribution is 5.53. The minimum Gasteiger partial charge on any atom is -0.493 e. The molecule has 0 aromatic carbocycles. The molecule has 2 heterocycles. The SMILES string of the molecule is CCC1(COc2cc3nnc(N)n3cc2C2CC2)CC2CC(C)CC(C2)C1. The Hall–Kier alpha value is -1.78. The minimum absolute atomic E-state index is 0.341. The second kappa shape index (κ2) is 6.39. The maximum Gasteiger partial charge on any atom is 0.226 e. The quantitative estimate of drug-likeness (QED) is 0.822. The molecule has 0 radical (unpaired) electrons. The maximum atomic E-state index is 6.56. The van der Waals surface area contributed by atoms with Crippen molar-refractivity contribution < 1.29 is 4.74 Å². The number of nitrogen functional groups attached to an aromatic ring is 1. The highest BCUT2D eigenvalue weighted by atomic mass is 16.5. The van der Waals surface area contributed by atoms with Crippen LogP contribution in [0, 0.1) is 23.2 Å². The Bertz CT molecular complexity index is 822. The molecule has 27 heavy (non-hydrogen) atoms. The number of aromatic nitrogens is 3. The van der Waals surface area contributed by atoms with Crippen LogP contribution in [0.3, 0.4) is 0 Å². The lowest BCUT2D eigenvalue weighted by Crippen LogP contribution is -2.41. The number of ether oxygens (including phenoxy) is 1. The standard InChI is InChI=1S/C22H32N4O/c1-3-22(10-15-6-14(2)7-16(8-15)11-22)13-27-19-9-20-24-25-21(23)26(20)12-18(19)17-4-5-17/h9,12,14-17H,3-8,10-11,13H2,1-2H3,(H2,23,25). The Morgan fingerprint density at radius 2 is 1.93 bits per heavy atom. The number of hydrogen-bond acceptors (Lipinski definition) is 4. The number of rotatable bonds is 5. The van der Waals surface area contributed by atoms with E-state index in [-0.39, 0.29) is 0 Å². The molecule has 5 rings (SSSR count). The average Bonchev–Trinajstić information content (AvgIpc) is 3.42. The van der Waals surface area contributed by atoms with Crippen LogP contribution < -0.4 is 10.5 Å². The van der Waals surface area contributed by atoms with Crippen molar-refractivity contribution in [2.75, 3.05) is 12.3 Å². The van der Waals surface area contributed by atoms with Crippen molar-refractivity contribution in [2.45, 2.75) is 71.1 Å². The van der Waals surface area contributed by atoms with Crippen molar-refractivity contribution >= 4 is 11.6 Å². The van der Waals surface area contributed by atoms with Gasteiger partial charge in [-0.25, -0.2) is 0 Å². The molecule has 3 fully saturated rings. The van der Waals surface area contributed by atoms with Gasteiger partial charge in [-0.2, -0.15) is 0 Å². The summed E-state index contributed by atoms with van der Waals surface area (Å²) in [5, 5.41) is 8.21. The van der Waals surface area contributed by atoms with E-state index in [4.69, 9.17) is 10.5 Å². The molecule has 0 amide bonds. The fourth-order valence-electron chi connectivity index (χ4n) is 6.06. The van der Waals surface area contributed by atoms with E-state index >= 15 is 0 Å². The van der Waals surface area contributed by atoms with Crippen molar-refractivity contribution in [1.29, 1.82) is 0 Å². The first-order chi connectivity index (χ1) is 13.0. The smallest absolute Gasteiger partial charge is 0.226 e. The zero-order valence-electron chi connectivity index (χ0n) is 16.7. The summed E-state index contributed by atoms with van der Waals surface area (Å²) in [6, 6.07) is 2.05. The Morgan fingerprint density at radius 1 is 1.19 bits per heavy atom. The molecule has 5 nitrogen and oxygen atoms in total. The van der Waals surface area contributed by atoms with E-state index in [0.717, 1.165) is 35.8 Å². The third kappa shape index (κ3) is 3.19. The molecule has 5 heteroatoms. The number of nitrogens with zero attached hydrogens (tertiary/aromatic N) is 3. The number of anilines is 1. The molecule has 0 saturated heterocycles. The fraction of sp³-hybridized carbons (Fsp3) is 0.727. The molecule has 0 spiro atoms. The van der Waals surface area contributed by atoms with Crippen molar-refractivity contribution in [3.05, 3.63) is 17.8 Å². The van der Waals surface area contributed by atoms with Gasteiger partial charge >= 0.3 is 0 Å². The lowest BCUT2D eigenvalue weighted by molar-refractivity contribution is -0.000597. The number of fused-ring (bicyclic) bond motifs is 3. The van der Waals surface area contributed by atoms with Crippen molar-refractivity contribution in [3.8, 4) is 5.75 Å². The van der Waals surface area contributed by atoms with Gasteiger partial charge in [-0.3, -0.25) is 4.40 Å². The molecular formula is C22H32N4O. The van der Waals surface area contributed by atoms with E-state index in [1.807, 2.05) is 10.5 Å². The summed E-state index contributed by atoms with van der Waals surface area (Å²) in [6.07, 6.45) is 12.8. The summed E-state index contributed by atoms with van der Waals surface area (Å²) >= 11 is 0. The van der Waals surface area contributed by atoms with Crippen LogP contribution in [0.25, 0.3) is 5.65 Å². The summed E-state index contributed by atoms with van der Waals surface area (Å²) in [4.78, 5) is 0. The van der Waals surface area contributed by atoms with Gasteiger partial charge < -0.3 is 10.5 Å². The molecule has 3 aliphatic rings. The van der Waals surface area contributed by atoms with Gasteiger partial charge in [-0.05, 0) is 75.0 Å². The summed E-state index contributed by atoms with van der Waals surface area (Å²) in [5.74, 6) is 4.78. The lowest BCUT2D eigenvalue weighted by Gasteiger charge is -2.48. The molecule has 0 aliphatic heterocycles. The predicted octanol–water partition coefficient (Wildman–Crippen LogP) is 4.81. The second-order valence-corrected chi connectivity index (χ2v) is 9.75. The van der Waals surface area contributed by atoms with Crippen LogP contribution in [0.5, 0.6) is 5.75 Å². The lowest BCUT2D eigenvalue weighted by atomic mass is 9.58. The van der Waals surface area contributed by atoms with E-state index in [1.165, 1.54) is 56.9 Å². The molecule has 2 atom stereocenters. The Kier molecular flexibility index (Phi) is 4.10. The largest absolute Gasteiger partial charge is 0.493 e. The molecule has 2 bridgehead atoms. The van der Waals surface area contributed by atoms with Crippen LogP contribution in [0.1, 0.15) is 76.7 Å². The van der Waals surface area contributed by atoms with E-state index in [1.54, 1.807) is 0 Å². The van der Waals surface area contributed by atoms with Gasteiger partial charge in [0.05, 0.1) is 6.61 Å². The fourth-order valence-corrected chi connectivity index (χ4v) is 6.06. The van der Waals surface area contributed by atoms with Gasteiger partial charge in [-0.15, -0.1) is 10.2 Å². The molecule has 146 valence electrons. The van der Waals surface area contributed by atoms with Gasteiger partial charge in [0, 0.05) is 23.2 Å². The minimum atomic E-state index is 0.341. The summed E-state index contributed by atoms with van der Waals surface area (Å²) in [6.45, 7) is 5.64. The number of hydrogen-bond donors (Lipinski definition) is 1. The Morgan fingerprint density at radius 3 is 2.59 bits per heavy atom. The van der Waals surface area contributed by atoms with Crippen LogP contribution in [0.15, 0.2) is 12.3 Å². The van der Waals surface area contributed by atoms with Crippen LogP contribution in [0.4, 0.5) is 5.95 Å². The molecule has 2 aromatic heterocycles. The molecule has 2 unspecified atom stereocenters. The third-order valence-electron chi connectivity index (χ3n) is 7.44. The second-order valence-electron chi connectivity index (χ2n) is 9.75. The summed E-state index contributed by atoms with van der Waals surface area (Å²) < 4.78 is 8.45. The van der Waals surface area contributed by atoms with E-state index in [2.05, 4.69) is 30.2 Å². The Balaban J connectivity index is 1.39. The first kappa shape index (κ1) is 17.3. The topological polar surface area (TPSA) is 65.4 Å². The van der Waals surface area contributed by atoms with Crippen LogP contribution >= 0.6 is 0 Å². The molecule has 2 aromatic rings. The van der Waals surface area contributed by atoms with Crippen LogP contribution in [-0.2, 0) is 0 Å². The third-order valence-corrected chi connectivity index (χ3v) is 7.44. The number of nitrogens with two attached hydrogens (primary N) is 1. The molecular weight excluding hydrogens is 336 g/mol. The maximum absolute atomic E-state index is 6.56. The van der Waals surface area contributed by atoms with Crippen molar-refractivity contribution in [3.63, 3.8) is 0 Å². The van der Waals surface area contributed by atoms with E-state index in [0.29, 0.717) is 17.3 Å². The van der Waals surface area contributed by atoms with Crippen molar-refractivity contribution in [2.24, 2.45) is 23.2 Å². The first-order valence-electron chi connectivity index (χ1n) is 10.8. The van der Waals surface area contributed by atoms with Crippen molar-refractivity contribution in [1.82, 2.24) is 14.6 Å². The van der Waals surface area contributed by atoms with E-state index in [9.17, 15) is 0 Å². The highest BCUT2D eigenvalue weighted by Crippen LogP contribution is 2.52. The molecule has 2 N–H and O–H groups in total. The van der Waals surface area contributed by atoms with Gasteiger partial charge in [0.1, 0.15) is 5.75 Å². The summed E-state index contributed by atoms with van der Waals surface area (Å²) in [7, 11) is 0. The molecule has 3 aliphatic carbocycles.